The van der Waals surface area contributed by atoms with E-state index in [4.69, 9.17) is 56.8 Å². The second-order valence-corrected chi connectivity index (χ2v) is 44.1. The molecule has 20 unspecified atom stereocenters. The molecule has 6 rings (SSSR count). The lowest BCUT2D eigenvalue weighted by atomic mass is 9.67. The van der Waals surface area contributed by atoms with Gasteiger partial charge in [0.2, 0.25) is 0 Å². The highest BCUT2D eigenvalue weighted by Gasteiger charge is 2.64. The van der Waals surface area contributed by atoms with Crippen LogP contribution in [0, 0.1) is 35.5 Å². The third-order valence-electron chi connectivity index (χ3n) is 30.7. The summed E-state index contributed by atoms with van der Waals surface area (Å²) in [5, 5.41) is 58.8. The van der Waals surface area contributed by atoms with E-state index in [0.29, 0.717) is 166 Å². The van der Waals surface area contributed by atoms with E-state index in [1.54, 1.807) is 90.0 Å². The molecule has 0 spiro atoms. The number of carbonyl (C=O) groups excluding carboxylic acids is 6. The fourth-order valence-corrected chi connectivity index (χ4v) is 18.3. The van der Waals surface area contributed by atoms with E-state index >= 15 is 0 Å². The van der Waals surface area contributed by atoms with Crippen LogP contribution in [0.15, 0.2) is 72.9 Å². The molecule has 0 aromatic carbocycles. The molecule has 0 amide bonds. The van der Waals surface area contributed by atoms with Gasteiger partial charge in [0.1, 0.15) is 36.6 Å². The molecule has 42 heteroatoms. The highest BCUT2D eigenvalue weighted by atomic mass is 19.4. The molecule has 148 heavy (non-hydrogen) atoms. The van der Waals surface area contributed by atoms with Crippen LogP contribution in [-0.2, 0) is 85.6 Å². The molecule has 6 aliphatic rings. The van der Waals surface area contributed by atoms with Gasteiger partial charge in [0.25, 0.3) is 0 Å². The van der Waals surface area contributed by atoms with Crippen LogP contribution in [0.3, 0.4) is 0 Å². The third kappa shape index (κ3) is 37.7. The lowest BCUT2D eigenvalue weighted by Crippen LogP contribution is -2.59. The maximum Gasteiger partial charge on any atom is 0.419 e. The van der Waals surface area contributed by atoms with E-state index in [1.807, 2.05) is 27.7 Å². The molecule has 0 bridgehead atoms. The lowest BCUT2D eigenvalue weighted by Gasteiger charge is -2.51. The van der Waals surface area contributed by atoms with Gasteiger partial charge in [-0.25, -0.2) is 28.8 Å². The molecule has 0 saturated heterocycles. The second-order valence-electron chi connectivity index (χ2n) is 44.1. The Morgan fingerprint density at radius 3 is 0.743 bits per heavy atom. The van der Waals surface area contributed by atoms with Crippen LogP contribution in [0.5, 0.6) is 0 Å². The van der Waals surface area contributed by atoms with Crippen LogP contribution in [0.25, 0.3) is 0 Å². The number of aliphatic hydroxyl groups is 6. The van der Waals surface area contributed by atoms with Gasteiger partial charge in [-0.2, -0.15) is 79.0 Å². The normalized spacial score (nSPS) is 25.5. The number of hydrogen-bond donors (Lipinski definition) is 6. The highest BCUT2D eigenvalue weighted by Crippen LogP contribution is 2.53. The largest absolute Gasteiger partial charge is 0.459 e. The minimum Gasteiger partial charge on any atom is -0.459 e. The summed E-state index contributed by atoms with van der Waals surface area (Å²) in [6, 6.07) is 0. The molecular formula is C106H170F18O24. The first-order chi connectivity index (χ1) is 66.4. The number of alkyl halides is 18. The Balaban J connectivity index is 0.000000888. The Morgan fingerprint density at radius 1 is 0.250 bits per heavy atom. The summed E-state index contributed by atoms with van der Waals surface area (Å²) in [4.78, 5) is 70.0. The van der Waals surface area contributed by atoms with E-state index in [1.165, 1.54) is 48.5 Å². The molecule has 0 aromatic heterocycles. The number of halogens is 18. The number of hydrogen-bond acceptors (Lipinski definition) is 24. The topological polar surface area (TPSA) is 335 Å². The van der Waals surface area contributed by atoms with Crippen molar-refractivity contribution >= 4 is 35.8 Å². The van der Waals surface area contributed by atoms with Crippen molar-refractivity contribution in [2.24, 2.45) is 35.5 Å². The Bertz CT molecular complexity index is 4320. The molecule has 0 aliphatic heterocycles. The summed E-state index contributed by atoms with van der Waals surface area (Å²) in [6.07, 6.45) is -25.6. The van der Waals surface area contributed by atoms with E-state index in [0.717, 1.165) is 33.1 Å². The van der Waals surface area contributed by atoms with Crippen molar-refractivity contribution in [1.82, 2.24) is 0 Å². The first-order valence-electron chi connectivity index (χ1n) is 50.4. The first kappa shape index (κ1) is 140. The van der Waals surface area contributed by atoms with Gasteiger partial charge in [-0.3, -0.25) is 0 Å². The van der Waals surface area contributed by atoms with Crippen molar-refractivity contribution in [3.63, 3.8) is 0 Å². The number of esters is 6. The van der Waals surface area contributed by atoms with Crippen LogP contribution in [0.1, 0.15) is 349 Å². The second kappa shape index (κ2) is 53.8. The maximum absolute atomic E-state index is 13.1. The van der Waals surface area contributed by atoms with Crippen LogP contribution >= 0.6 is 0 Å². The van der Waals surface area contributed by atoms with Crippen LogP contribution in [-0.4, -0.2) is 244 Å². The molecule has 0 aromatic rings. The predicted octanol–water partition coefficient (Wildman–Crippen LogP) is 24.2. The zero-order valence-electron chi connectivity index (χ0n) is 92.0. The van der Waals surface area contributed by atoms with Crippen LogP contribution < -0.4 is 0 Å². The molecule has 864 valence electrons. The fourth-order valence-electron chi connectivity index (χ4n) is 18.3. The SMILES string of the molecule is C=C(C)C(=O)OC1CC(C(CC)(CC)OC(C)C(C)(O)C(F)(F)F)C1.C=C(C)C(=O)OC1CCC(C(C)(C)OC(C)C(C)(O)C(F)(F)F)C1.C=C(C)C(=O)OC1CCC(C(C)(C)OC(C)C(C)(O)C(F)(F)F)CC1.C=C(C)C(=O)OC1CCC1C(CC)(CC)OC(C)C(C)(O)C(F)(F)F.C=C(C)C(=O)OC1CCCC1C(C)(C)OC(C)C(C)(O)C(F)(F)F.C=C(C)C(=O)OC1CCCCC1C(C)(C)OC(C)C(C)(O)C(F)(F)F. The zero-order chi connectivity index (χ0) is 116. The van der Waals surface area contributed by atoms with Gasteiger partial charge in [0, 0.05) is 51.2 Å². The molecule has 0 radical (unpaired) electrons. The van der Waals surface area contributed by atoms with Crippen LogP contribution in [0.2, 0.25) is 0 Å². The highest BCUT2D eigenvalue weighted by molar-refractivity contribution is 5.89. The molecular weight excluding hydrogens is 2000 g/mol. The van der Waals surface area contributed by atoms with Gasteiger partial charge >= 0.3 is 72.9 Å². The number of ether oxygens (including phenoxy) is 12. The summed E-state index contributed by atoms with van der Waals surface area (Å²) in [5.74, 6) is -3.71. The third-order valence-corrected chi connectivity index (χ3v) is 30.7. The average Bonchev–Trinajstić information content (AvgIpc) is 0.899. The van der Waals surface area contributed by atoms with Gasteiger partial charge in [0.05, 0.1) is 70.2 Å². The summed E-state index contributed by atoms with van der Waals surface area (Å²) in [5.41, 5.74) is -21.3. The molecule has 20 atom stereocenters. The van der Waals surface area contributed by atoms with Crippen molar-refractivity contribution in [2.45, 2.75) is 526 Å². The van der Waals surface area contributed by atoms with E-state index in [2.05, 4.69) is 39.5 Å². The Hall–Kier alpha value is -6.48. The Kier molecular flexibility index (Phi) is 50.7. The first-order valence-corrected chi connectivity index (χ1v) is 50.4. The minimum atomic E-state index is -4.80. The molecule has 0 heterocycles. The fraction of sp³-hybridized carbons (Fsp3) is 0.830. The summed E-state index contributed by atoms with van der Waals surface area (Å²) in [6.45, 7) is 63.0. The zero-order valence-corrected chi connectivity index (χ0v) is 92.0. The number of carbonyl (C=O) groups is 6. The number of rotatable bonds is 40. The van der Waals surface area contributed by atoms with Gasteiger partial charge in [-0.1, -0.05) is 73.6 Å². The Morgan fingerprint density at radius 2 is 0.466 bits per heavy atom. The van der Waals surface area contributed by atoms with Gasteiger partial charge in [0.15, 0.2) is 33.6 Å². The summed E-state index contributed by atoms with van der Waals surface area (Å²) >= 11 is 0. The van der Waals surface area contributed by atoms with Gasteiger partial charge < -0.3 is 87.5 Å². The molecule has 6 fully saturated rings. The van der Waals surface area contributed by atoms with Crippen LogP contribution in [0.4, 0.5) is 79.0 Å². The smallest absolute Gasteiger partial charge is 0.419 e. The summed E-state index contributed by atoms with van der Waals surface area (Å²) in [7, 11) is 0. The van der Waals surface area contributed by atoms with Crippen molar-refractivity contribution in [2.75, 3.05) is 0 Å². The molecule has 6 saturated carbocycles. The predicted molar refractivity (Wildman–Crippen MR) is 519 cm³/mol. The maximum atomic E-state index is 13.1. The molecule has 6 N–H and O–H groups in total. The van der Waals surface area contributed by atoms with E-state index < -0.39 is 195 Å². The van der Waals surface area contributed by atoms with Gasteiger partial charge in [-0.15, -0.1) is 0 Å². The van der Waals surface area contributed by atoms with Crippen molar-refractivity contribution in [1.29, 1.82) is 0 Å². The summed E-state index contributed by atoms with van der Waals surface area (Å²) < 4.78 is 300. The van der Waals surface area contributed by atoms with E-state index in [9.17, 15) is 138 Å². The van der Waals surface area contributed by atoms with Crippen molar-refractivity contribution in [3.8, 4) is 0 Å². The lowest BCUT2D eigenvalue weighted by molar-refractivity contribution is -0.309. The molecule has 24 nitrogen and oxygen atoms in total. The van der Waals surface area contributed by atoms with Gasteiger partial charge in [-0.05, 0) is 333 Å². The average molecular weight is 2170 g/mol. The van der Waals surface area contributed by atoms with Crippen molar-refractivity contribution < 1.29 is 195 Å². The van der Waals surface area contributed by atoms with E-state index in [-0.39, 0.29) is 70.5 Å². The standard InChI is InChI=1S/4C18H29F3O4.2C17H27F3O4/c1-11(2)15(22)24-14-9-7-13(8-10-14)16(4,5)25-12(3)17(6,23)18(19,20)21;1-11(2)15(22)24-14-10-8-7-9-13(14)16(4,5)25-12(3)17(6,23)18(19,20)21;1-7-17(8-2,25-12(5)16(6,23)18(19,20)21)13-9-14(10-13)24-15(22)11(3)4;1-7-17(8-2,25-12(5)16(6,23)18(19,20)21)13-9-10-14(13)24-15(22)11(3)4;1-10(2)14(21)23-13-8-7-12(9-13)15(4,5)24-11(3)16(6,22)17(18,19)20;1-10(2)14(21)23-13-9-7-8-12(13)15(4,5)24-11(3)16(6,22)17(18,19)20/h2*12-14,23H,1,7-10H2,2-6H3;2*12-14,23H,3,7-10H2,1-2,4-6H3;2*11-13,22H,1,7-9H2,2-6H3. The molecule has 6 aliphatic carbocycles. The minimum absolute atomic E-state index is 0.0127. The monoisotopic (exact) mass is 2170 g/mol. The Labute approximate surface area is 862 Å². The quantitative estimate of drug-likeness (QED) is 0.0144. The van der Waals surface area contributed by atoms with Crippen molar-refractivity contribution in [3.05, 3.63) is 72.9 Å².